The Labute approximate surface area is 183 Å². The van der Waals surface area contributed by atoms with Crippen LogP contribution >= 0.6 is 0 Å². The van der Waals surface area contributed by atoms with Crippen LogP contribution in [0.1, 0.15) is 0 Å². The molecule has 0 aliphatic carbocycles. The third-order valence-corrected chi connectivity index (χ3v) is 5.61. The van der Waals surface area contributed by atoms with Crippen molar-refractivity contribution in [1.82, 2.24) is 0 Å². The van der Waals surface area contributed by atoms with Gasteiger partial charge in [0, 0.05) is 12.1 Å². The summed E-state index contributed by atoms with van der Waals surface area (Å²) in [4.78, 5) is -1.77. The third kappa shape index (κ3) is 4.62. The molecule has 0 amide bonds. The molecule has 0 radical (unpaired) electrons. The maximum Gasteiger partial charge on any atom is 0.268 e. The molecule has 0 spiro atoms. The molecule has 0 atom stereocenters. The third-order valence-electron chi connectivity index (χ3n) is 4.20. The zero-order chi connectivity index (χ0) is 24.5. The number of benzene rings is 3. The van der Waals surface area contributed by atoms with E-state index in [0.29, 0.717) is 12.1 Å². The van der Waals surface area contributed by atoms with Crippen molar-refractivity contribution in [3.05, 3.63) is 71.3 Å². The number of nitrogens with one attached hydrogen (secondary N) is 1. The molecular formula is C20H13F6NO5S. The Morgan fingerprint density at radius 1 is 0.727 bits per heavy atom. The van der Waals surface area contributed by atoms with Gasteiger partial charge in [-0.05, 0) is 24.3 Å². The number of rotatable bonds is 7. The maximum absolute atomic E-state index is 14.5. The van der Waals surface area contributed by atoms with Crippen LogP contribution in [0.5, 0.6) is 23.0 Å². The van der Waals surface area contributed by atoms with Crippen molar-refractivity contribution in [1.29, 1.82) is 0 Å². The molecule has 0 saturated heterocycles. The van der Waals surface area contributed by atoms with Crippen LogP contribution in [0.15, 0.2) is 41.3 Å². The van der Waals surface area contributed by atoms with Gasteiger partial charge in [-0.3, -0.25) is 4.72 Å². The Hall–Kier alpha value is -3.61. The van der Waals surface area contributed by atoms with E-state index in [-0.39, 0.29) is 11.5 Å². The monoisotopic (exact) mass is 493 g/mol. The lowest BCUT2D eigenvalue weighted by atomic mass is 10.2. The van der Waals surface area contributed by atoms with Crippen LogP contribution in [0.4, 0.5) is 32.0 Å². The average molecular weight is 493 g/mol. The topological polar surface area (TPSA) is 73.9 Å². The molecule has 3 aromatic rings. The van der Waals surface area contributed by atoms with E-state index >= 15 is 0 Å². The zero-order valence-electron chi connectivity index (χ0n) is 16.7. The second-order valence-corrected chi connectivity index (χ2v) is 7.89. The van der Waals surface area contributed by atoms with Gasteiger partial charge in [-0.25, -0.2) is 30.4 Å². The van der Waals surface area contributed by atoms with Crippen LogP contribution in [0.25, 0.3) is 0 Å². The van der Waals surface area contributed by atoms with Crippen LogP contribution in [-0.4, -0.2) is 22.6 Å². The predicted molar refractivity (Wildman–Crippen MR) is 103 cm³/mol. The van der Waals surface area contributed by atoms with E-state index in [1.165, 1.54) is 0 Å². The summed E-state index contributed by atoms with van der Waals surface area (Å²) in [5.74, 6) is -14.1. The number of anilines is 1. The van der Waals surface area contributed by atoms with Gasteiger partial charge in [0.25, 0.3) is 10.0 Å². The van der Waals surface area contributed by atoms with E-state index in [2.05, 4.69) is 9.47 Å². The molecular weight excluding hydrogens is 480 g/mol. The molecule has 0 aliphatic heterocycles. The fourth-order valence-corrected chi connectivity index (χ4v) is 3.93. The Balaban J connectivity index is 2.14. The number of ether oxygens (including phenoxy) is 3. The Morgan fingerprint density at radius 2 is 1.27 bits per heavy atom. The minimum absolute atomic E-state index is 0.256. The number of halogens is 6. The number of sulfonamides is 1. The molecule has 0 aliphatic rings. The van der Waals surface area contributed by atoms with Crippen LogP contribution in [0, 0.1) is 34.9 Å². The lowest BCUT2D eigenvalue weighted by Crippen LogP contribution is -2.18. The van der Waals surface area contributed by atoms with Gasteiger partial charge in [0.2, 0.25) is 11.6 Å². The van der Waals surface area contributed by atoms with Gasteiger partial charge in [-0.1, -0.05) is 0 Å². The van der Waals surface area contributed by atoms with Crippen molar-refractivity contribution in [3.63, 3.8) is 0 Å². The normalized spacial score (nSPS) is 11.3. The first-order valence-electron chi connectivity index (χ1n) is 8.73. The molecule has 0 heterocycles. The summed E-state index contributed by atoms with van der Waals surface area (Å²) >= 11 is 0. The highest BCUT2D eigenvalue weighted by molar-refractivity contribution is 7.92. The first-order valence-corrected chi connectivity index (χ1v) is 10.2. The van der Waals surface area contributed by atoms with Crippen molar-refractivity contribution in [2.24, 2.45) is 0 Å². The fraction of sp³-hybridized carbons (Fsp3) is 0.100. The van der Waals surface area contributed by atoms with Crippen LogP contribution in [-0.2, 0) is 10.0 Å². The number of hydrogen-bond donors (Lipinski definition) is 1. The van der Waals surface area contributed by atoms with Crippen molar-refractivity contribution in [3.8, 4) is 23.0 Å². The number of methoxy groups -OCH3 is 2. The molecule has 33 heavy (non-hydrogen) atoms. The van der Waals surface area contributed by atoms with E-state index < -0.39 is 67.0 Å². The summed E-state index contributed by atoms with van der Waals surface area (Å²) < 4.78 is 126. The van der Waals surface area contributed by atoms with Gasteiger partial charge in [0.1, 0.15) is 5.75 Å². The van der Waals surface area contributed by atoms with Crippen molar-refractivity contribution >= 4 is 15.7 Å². The van der Waals surface area contributed by atoms with Crippen molar-refractivity contribution < 1.29 is 49.0 Å². The Kier molecular flexibility index (Phi) is 6.63. The summed E-state index contributed by atoms with van der Waals surface area (Å²) in [6.45, 7) is 0. The largest absolute Gasteiger partial charge is 0.494 e. The van der Waals surface area contributed by atoms with Crippen molar-refractivity contribution in [2.75, 3.05) is 18.9 Å². The quantitative estimate of drug-likeness (QED) is 0.281. The summed E-state index contributed by atoms with van der Waals surface area (Å²) in [6.07, 6.45) is 0. The highest BCUT2D eigenvalue weighted by Gasteiger charge is 2.35. The maximum atomic E-state index is 14.5. The molecule has 3 aromatic carbocycles. The van der Waals surface area contributed by atoms with Gasteiger partial charge >= 0.3 is 0 Å². The number of hydrogen-bond acceptors (Lipinski definition) is 5. The van der Waals surface area contributed by atoms with E-state index in [1.54, 1.807) is 4.72 Å². The zero-order valence-corrected chi connectivity index (χ0v) is 17.5. The molecule has 0 fully saturated rings. The molecule has 0 aromatic heterocycles. The first-order chi connectivity index (χ1) is 15.5. The Bertz CT molecular complexity index is 1330. The predicted octanol–water partition coefficient (Wildman–Crippen LogP) is 5.13. The highest BCUT2D eigenvalue weighted by Crippen LogP contribution is 2.38. The second-order valence-electron chi connectivity index (χ2n) is 6.27. The van der Waals surface area contributed by atoms with E-state index in [9.17, 15) is 34.8 Å². The first kappa shape index (κ1) is 24.0. The fourth-order valence-electron chi connectivity index (χ4n) is 2.69. The highest BCUT2D eigenvalue weighted by atomic mass is 32.2. The molecule has 0 bridgehead atoms. The summed E-state index contributed by atoms with van der Waals surface area (Å²) in [6, 6.07) is 5.26. The molecule has 0 saturated carbocycles. The van der Waals surface area contributed by atoms with Crippen LogP contribution in [0.3, 0.4) is 0 Å². The van der Waals surface area contributed by atoms with Crippen molar-refractivity contribution in [2.45, 2.75) is 4.90 Å². The Morgan fingerprint density at radius 3 is 1.82 bits per heavy atom. The molecule has 13 heteroatoms. The van der Waals surface area contributed by atoms with Gasteiger partial charge in [-0.15, -0.1) is 0 Å². The summed E-state index contributed by atoms with van der Waals surface area (Å²) in [7, 11) is -2.95. The molecule has 1 N–H and O–H groups in total. The minimum atomic E-state index is -5.24. The van der Waals surface area contributed by atoms with E-state index in [0.717, 1.165) is 38.5 Å². The van der Waals surface area contributed by atoms with Gasteiger partial charge in [-0.2, -0.15) is 4.39 Å². The SMILES string of the molecule is COc1ccc(NS(=O)(=O)c2c(F)c(F)c(F)c(F)c2Oc2ccc(OC)c(F)c2)cc1F. The smallest absolute Gasteiger partial charge is 0.268 e. The standard InChI is InChI=1S/C20H13F6NO5S/c1-30-13-5-3-9(7-11(13)21)27-33(28,29)20-18(26)16(24)15(23)17(25)19(20)32-10-4-6-14(31-2)12(22)8-10/h3-8,27H,1-2H3. The summed E-state index contributed by atoms with van der Waals surface area (Å²) in [5.41, 5.74) is -0.487. The molecule has 6 nitrogen and oxygen atoms in total. The second kappa shape index (κ2) is 9.10. The lowest BCUT2D eigenvalue weighted by molar-refractivity contribution is 0.349. The molecule has 3 rings (SSSR count). The molecule has 176 valence electrons. The lowest BCUT2D eigenvalue weighted by Gasteiger charge is -2.16. The summed E-state index contributed by atoms with van der Waals surface area (Å²) in [5, 5.41) is 0. The van der Waals surface area contributed by atoms with E-state index in [4.69, 9.17) is 4.74 Å². The van der Waals surface area contributed by atoms with Crippen LogP contribution < -0.4 is 18.9 Å². The van der Waals surface area contributed by atoms with Gasteiger partial charge in [0.15, 0.2) is 45.4 Å². The minimum Gasteiger partial charge on any atom is -0.494 e. The van der Waals surface area contributed by atoms with Gasteiger partial charge < -0.3 is 14.2 Å². The van der Waals surface area contributed by atoms with Crippen LogP contribution in [0.2, 0.25) is 0 Å². The van der Waals surface area contributed by atoms with Gasteiger partial charge in [0.05, 0.1) is 19.9 Å². The molecule has 0 unspecified atom stereocenters. The van der Waals surface area contributed by atoms with E-state index in [1.807, 2.05) is 0 Å². The average Bonchev–Trinajstić information content (AvgIpc) is 2.76.